The van der Waals surface area contributed by atoms with Gasteiger partial charge in [-0.05, 0) is 118 Å². The molecule has 0 fully saturated rings. The summed E-state index contributed by atoms with van der Waals surface area (Å²) in [4.78, 5) is 47.0. The van der Waals surface area contributed by atoms with Gasteiger partial charge in [-0.15, -0.1) is 0 Å². The van der Waals surface area contributed by atoms with Gasteiger partial charge in [-0.3, -0.25) is 9.59 Å². The van der Waals surface area contributed by atoms with E-state index in [0.29, 0.717) is 45.1 Å². The van der Waals surface area contributed by atoms with Crippen LogP contribution in [0.25, 0.3) is 24.3 Å². The van der Waals surface area contributed by atoms with Gasteiger partial charge in [0, 0.05) is 81.2 Å². The first kappa shape index (κ1) is 40.6. The molecule has 8 N–H and O–H groups in total. The van der Waals surface area contributed by atoms with Gasteiger partial charge >= 0.3 is 18.0 Å². The number of carboxylic acids is 2. The normalized spacial score (nSPS) is 13.1. The Balaban J connectivity index is 1.61. The zero-order valence-corrected chi connectivity index (χ0v) is 33.2. The summed E-state index contributed by atoms with van der Waals surface area (Å²) in [6.45, 7) is 11.8. The quantitative estimate of drug-likeness (QED) is 0.0871. The first-order valence-corrected chi connectivity index (χ1v) is 19.2. The van der Waals surface area contributed by atoms with E-state index in [9.17, 15) is 34.8 Å². The summed E-state index contributed by atoms with van der Waals surface area (Å²) < 4.78 is 7.52. The summed E-state index contributed by atoms with van der Waals surface area (Å²) in [6.07, 6.45) is 5.78. The number of fused-ring (bicyclic) bond motifs is 8. The Morgan fingerprint density at radius 2 is 1.28 bits per heavy atom. The van der Waals surface area contributed by atoms with Crippen LogP contribution in [0.4, 0.5) is 4.79 Å². The number of H-pyrrole nitrogens is 3. The minimum absolute atomic E-state index is 0.0864. The molecule has 1 aliphatic heterocycles. The number of nitrogens with one attached hydrogen (secondary N) is 4. The van der Waals surface area contributed by atoms with Crippen molar-refractivity contribution in [3.63, 3.8) is 0 Å². The number of amides is 1. The number of alkyl carbamates (subject to hydrolysis) is 1. The van der Waals surface area contributed by atoms with E-state index < -0.39 is 30.2 Å². The smallest absolute Gasteiger partial charge is 0.407 e. The fraction of sp³-hybridized carbons (Fsp3) is 0.341. The number of carboxylic acid groups (broad SMARTS) is 2. The maximum atomic E-state index is 12.8. The summed E-state index contributed by atoms with van der Waals surface area (Å²) in [6, 6.07) is 9.40. The number of aliphatic hydroxyl groups excluding tert-OH is 2. The van der Waals surface area contributed by atoms with Gasteiger partial charge in [-0.2, -0.15) is 0 Å². The third kappa shape index (κ3) is 8.69. The van der Waals surface area contributed by atoms with Crippen molar-refractivity contribution < 1.29 is 39.5 Å². The molecule has 13 nitrogen and oxygen atoms in total. The average molecular weight is 778 g/mol. The summed E-state index contributed by atoms with van der Waals surface area (Å²) in [5, 5.41) is 47.4. The Morgan fingerprint density at radius 1 is 0.684 bits per heavy atom. The molecular weight excluding hydrogens is 727 g/mol. The van der Waals surface area contributed by atoms with Crippen molar-refractivity contribution in [2.24, 2.45) is 0 Å². The Hall–Kier alpha value is -6.05. The minimum Gasteiger partial charge on any atom is -0.481 e. The van der Waals surface area contributed by atoms with Crippen LogP contribution in [0.5, 0.6) is 0 Å². The first-order chi connectivity index (χ1) is 27.1. The van der Waals surface area contributed by atoms with Crippen LogP contribution < -0.4 is 26.7 Å². The maximum absolute atomic E-state index is 12.8. The van der Waals surface area contributed by atoms with Crippen LogP contribution >= 0.6 is 0 Å². The van der Waals surface area contributed by atoms with Crippen LogP contribution in [-0.4, -0.2) is 64.5 Å². The van der Waals surface area contributed by atoms with E-state index in [4.69, 9.17) is 4.74 Å². The number of hydrogen-bond donors (Lipinski definition) is 8. The minimum atomic E-state index is -0.934. The molecule has 0 aliphatic carbocycles. The van der Waals surface area contributed by atoms with Crippen molar-refractivity contribution in [3.05, 3.63) is 125 Å². The molecule has 13 heteroatoms. The SMILES string of the molecule is Cc1c2[nH]c(c1CCC(=O)O)C=c1[nH]c(c(C)c1CCC(=O)O)=Cc1c(C)c(C(C)O)c(n1CCNC(=O)OCc1ccccc1)C=c1[nH]c(c(C(C)O)c1C)=C2. The molecular formula is C44H51N5O8. The van der Waals surface area contributed by atoms with Crippen molar-refractivity contribution in [1.29, 1.82) is 0 Å². The second-order valence-electron chi connectivity index (χ2n) is 14.8. The van der Waals surface area contributed by atoms with Crippen molar-refractivity contribution in [3.8, 4) is 0 Å². The highest BCUT2D eigenvalue weighted by Gasteiger charge is 2.23. The van der Waals surface area contributed by atoms with Gasteiger partial charge in [0.25, 0.3) is 0 Å². The third-order valence-corrected chi connectivity index (χ3v) is 10.9. The van der Waals surface area contributed by atoms with Gasteiger partial charge in [0.05, 0.1) is 12.2 Å². The third-order valence-electron chi connectivity index (χ3n) is 10.9. The van der Waals surface area contributed by atoms with Crippen LogP contribution in [0.3, 0.4) is 0 Å². The van der Waals surface area contributed by atoms with Crippen LogP contribution in [0, 0.1) is 27.7 Å². The standard InChI is InChI=1S/C44H51N5O8/c1-23-30(12-14-40(52)53)35-19-36-31(13-15-41(54)55)24(2)33(47-36)20-38-26(4)43(28(6)51)39(21-34-25(3)42(27(5)50)37(48-34)18-32(23)46-35)49(38)17-16-45-44(56)57-22-29-10-8-7-9-11-29/h7-11,18-21,27-28,46-48,50-51H,12-17,22H2,1-6H3,(H,45,56)(H,52,53)(H,54,55). The molecule has 5 aromatic rings. The average Bonchev–Trinajstić information content (AvgIpc) is 3.81. The van der Waals surface area contributed by atoms with Crippen molar-refractivity contribution in [2.75, 3.05) is 6.54 Å². The Labute approximate surface area is 329 Å². The van der Waals surface area contributed by atoms with Crippen molar-refractivity contribution >= 4 is 42.3 Å². The lowest BCUT2D eigenvalue weighted by Crippen LogP contribution is -2.28. The van der Waals surface area contributed by atoms with Crippen LogP contribution in [-0.2, 0) is 40.3 Å². The highest BCUT2D eigenvalue weighted by molar-refractivity contribution is 5.70. The molecule has 2 unspecified atom stereocenters. The van der Waals surface area contributed by atoms with E-state index in [1.165, 1.54) is 0 Å². The first-order valence-electron chi connectivity index (χ1n) is 19.2. The van der Waals surface area contributed by atoms with Crippen molar-refractivity contribution in [2.45, 2.75) is 92.6 Å². The molecule has 5 heterocycles. The number of nitrogens with zero attached hydrogens (tertiary/aromatic N) is 1. The monoisotopic (exact) mass is 777 g/mol. The van der Waals surface area contributed by atoms with E-state index in [1.807, 2.05) is 86.9 Å². The highest BCUT2D eigenvalue weighted by Crippen LogP contribution is 2.30. The molecule has 1 aliphatic rings. The fourth-order valence-corrected chi connectivity index (χ4v) is 7.97. The van der Waals surface area contributed by atoms with Gasteiger partial charge in [0.15, 0.2) is 0 Å². The highest BCUT2D eigenvalue weighted by atomic mass is 16.5. The summed E-state index contributed by atoms with van der Waals surface area (Å²) >= 11 is 0. The summed E-state index contributed by atoms with van der Waals surface area (Å²) in [5.74, 6) is -1.86. The van der Waals surface area contributed by atoms with Gasteiger partial charge in [0.2, 0.25) is 0 Å². The van der Waals surface area contributed by atoms with E-state index in [-0.39, 0.29) is 38.8 Å². The van der Waals surface area contributed by atoms with Gasteiger partial charge in [0.1, 0.15) is 6.61 Å². The number of ether oxygens (including phenoxy) is 1. The predicted octanol–water partition coefficient (Wildman–Crippen LogP) is 3.40. The molecule has 0 radical (unpaired) electrons. The molecule has 300 valence electrons. The number of hydrogen-bond acceptors (Lipinski definition) is 6. The zero-order valence-electron chi connectivity index (χ0n) is 33.2. The van der Waals surface area contributed by atoms with Crippen LogP contribution in [0.1, 0.15) is 112 Å². The number of benzene rings is 1. The number of carbonyl (C=O) groups is 3. The summed E-state index contributed by atoms with van der Waals surface area (Å²) in [7, 11) is 0. The number of aliphatic hydroxyl groups is 2. The molecule has 0 saturated carbocycles. The van der Waals surface area contributed by atoms with Crippen LogP contribution in [0.15, 0.2) is 30.3 Å². The topological polar surface area (TPSA) is 206 Å². The predicted molar refractivity (Wildman–Crippen MR) is 216 cm³/mol. The second kappa shape index (κ2) is 17.0. The maximum Gasteiger partial charge on any atom is 0.407 e. The molecule has 57 heavy (non-hydrogen) atoms. The Bertz CT molecular complexity index is 2580. The second-order valence-corrected chi connectivity index (χ2v) is 14.8. The molecule has 1 amide bonds. The van der Waals surface area contributed by atoms with E-state index in [0.717, 1.165) is 55.7 Å². The number of aromatic amines is 3. The molecule has 2 atom stereocenters. The number of aromatic nitrogens is 4. The molecule has 8 bridgehead atoms. The lowest BCUT2D eigenvalue weighted by molar-refractivity contribution is -0.138. The Kier molecular flexibility index (Phi) is 12.1. The largest absolute Gasteiger partial charge is 0.481 e. The van der Waals surface area contributed by atoms with Crippen LogP contribution in [0.2, 0.25) is 0 Å². The molecule has 0 spiro atoms. The molecule has 0 saturated heterocycles. The van der Waals surface area contributed by atoms with Crippen molar-refractivity contribution in [1.82, 2.24) is 24.8 Å². The molecule has 1 aromatic carbocycles. The number of rotatable bonds is 13. The van der Waals surface area contributed by atoms with Gasteiger partial charge in [-0.1, -0.05) is 30.3 Å². The van der Waals surface area contributed by atoms with Gasteiger partial charge < -0.3 is 50.0 Å². The van der Waals surface area contributed by atoms with E-state index in [2.05, 4.69) is 20.3 Å². The number of carbonyl (C=O) groups excluding carboxylic acids is 1. The number of aliphatic carboxylic acids is 2. The Morgan fingerprint density at radius 3 is 1.93 bits per heavy atom. The zero-order chi connectivity index (χ0) is 41.1. The lowest BCUT2D eigenvalue weighted by atomic mass is 10.0. The molecule has 4 aromatic heterocycles. The molecule has 6 rings (SSSR count). The van der Waals surface area contributed by atoms with E-state index >= 15 is 0 Å². The lowest BCUT2D eigenvalue weighted by Gasteiger charge is -2.13. The fourth-order valence-electron chi connectivity index (χ4n) is 7.97. The van der Waals surface area contributed by atoms with E-state index in [1.54, 1.807) is 13.8 Å². The van der Waals surface area contributed by atoms with Gasteiger partial charge in [-0.25, -0.2) is 4.79 Å². The summed E-state index contributed by atoms with van der Waals surface area (Å²) in [5.41, 5.74) is 10.0.